The number of likely N-dealkylation sites (tertiary alicyclic amines) is 2. The number of aliphatic hydroxyl groups excluding tert-OH is 2. The third-order valence-corrected chi connectivity index (χ3v) is 3.63. The standard InChI is InChI=1S/C14H12N2O12/c17-5-1-2-6(18)15(5)13(25)27-11(23)9(21)10(22)12(24)28-14(26)16-7(19)3-4-8(16)20/h9-10,21-22H,1-4H2. The minimum absolute atomic E-state index is 0.00342. The number of hydrogen-bond donors (Lipinski definition) is 2. The average Bonchev–Trinajstić information content (AvgIpc) is 3.14. The van der Waals surface area contributed by atoms with Gasteiger partial charge in [0, 0.05) is 25.7 Å². The van der Waals surface area contributed by atoms with Crippen LogP contribution in [0.25, 0.3) is 0 Å². The van der Waals surface area contributed by atoms with Gasteiger partial charge in [-0.1, -0.05) is 0 Å². The molecule has 0 saturated carbocycles. The summed E-state index contributed by atoms with van der Waals surface area (Å²) in [5.41, 5.74) is 0. The molecule has 2 saturated heterocycles. The lowest BCUT2D eigenvalue weighted by atomic mass is 10.2. The maximum absolute atomic E-state index is 11.6. The Morgan fingerprint density at radius 3 is 1.14 bits per heavy atom. The maximum Gasteiger partial charge on any atom is 0.431 e. The van der Waals surface area contributed by atoms with Crippen molar-refractivity contribution >= 4 is 47.8 Å². The van der Waals surface area contributed by atoms with Crippen molar-refractivity contribution in [2.75, 3.05) is 0 Å². The molecule has 14 nitrogen and oxygen atoms in total. The number of imide groups is 6. The van der Waals surface area contributed by atoms with Crippen molar-refractivity contribution in [3.05, 3.63) is 0 Å². The highest BCUT2D eigenvalue weighted by Crippen LogP contribution is 2.15. The van der Waals surface area contributed by atoms with Crippen LogP contribution in [0.3, 0.4) is 0 Å². The average molecular weight is 400 g/mol. The Morgan fingerprint density at radius 2 is 0.893 bits per heavy atom. The third kappa shape index (κ3) is 4.07. The first-order chi connectivity index (χ1) is 13.0. The van der Waals surface area contributed by atoms with Gasteiger partial charge in [-0.2, -0.15) is 9.80 Å². The van der Waals surface area contributed by atoms with Crippen molar-refractivity contribution < 1.29 is 58.0 Å². The lowest BCUT2D eigenvalue weighted by Gasteiger charge is -2.17. The third-order valence-electron chi connectivity index (χ3n) is 3.63. The van der Waals surface area contributed by atoms with E-state index in [1.807, 2.05) is 0 Å². The van der Waals surface area contributed by atoms with Gasteiger partial charge in [-0.15, -0.1) is 0 Å². The molecule has 2 N–H and O–H groups in total. The molecule has 0 aromatic carbocycles. The minimum Gasteiger partial charge on any atom is -0.379 e. The summed E-state index contributed by atoms with van der Waals surface area (Å²) < 4.78 is 8.06. The molecule has 0 aromatic heterocycles. The van der Waals surface area contributed by atoms with Crippen molar-refractivity contribution in [3.8, 4) is 0 Å². The fourth-order valence-electron chi connectivity index (χ4n) is 2.20. The van der Waals surface area contributed by atoms with Crippen LogP contribution in [0.2, 0.25) is 0 Å². The van der Waals surface area contributed by atoms with E-state index < -0.39 is 60.0 Å². The molecule has 2 fully saturated rings. The van der Waals surface area contributed by atoms with Gasteiger partial charge in [-0.3, -0.25) is 19.2 Å². The molecule has 150 valence electrons. The Bertz CT molecular complexity index is 704. The van der Waals surface area contributed by atoms with E-state index in [0.29, 0.717) is 0 Å². The van der Waals surface area contributed by atoms with Crippen molar-refractivity contribution in [2.24, 2.45) is 0 Å². The summed E-state index contributed by atoms with van der Waals surface area (Å²) in [6, 6.07) is 0. The Balaban J connectivity index is 1.94. The fourth-order valence-corrected chi connectivity index (χ4v) is 2.20. The molecule has 14 heteroatoms. The van der Waals surface area contributed by atoms with Gasteiger partial charge in [0.15, 0.2) is 12.2 Å². The fraction of sp³-hybridized carbons (Fsp3) is 0.429. The quantitative estimate of drug-likeness (QED) is 0.283. The summed E-state index contributed by atoms with van der Waals surface area (Å²) in [5, 5.41) is 19.1. The van der Waals surface area contributed by atoms with E-state index in [1.165, 1.54) is 0 Å². The number of nitrogens with zero attached hydrogens (tertiary/aromatic N) is 2. The summed E-state index contributed by atoms with van der Waals surface area (Å²) >= 11 is 0. The molecule has 6 amide bonds. The van der Waals surface area contributed by atoms with Crippen molar-refractivity contribution in [1.82, 2.24) is 9.80 Å². The van der Waals surface area contributed by atoms with E-state index in [2.05, 4.69) is 9.47 Å². The van der Waals surface area contributed by atoms with Gasteiger partial charge in [0.25, 0.3) is 0 Å². The van der Waals surface area contributed by atoms with Gasteiger partial charge < -0.3 is 19.7 Å². The Kier molecular flexibility index (Phi) is 5.95. The van der Waals surface area contributed by atoms with Crippen LogP contribution in [0.5, 0.6) is 0 Å². The number of carbonyl (C=O) groups excluding carboxylic acids is 8. The van der Waals surface area contributed by atoms with E-state index in [4.69, 9.17) is 0 Å². The highest BCUT2D eigenvalue weighted by molar-refractivity contribution is 6.15. The molecule has 0 radical (unpaired) electrons. The normalized spacial score (nSPS) is 18.9. The summed E-state index contributed by atoms with van der Waals surface area (Å²) in [7, 11) is 0. The molecule has 0 bridgehead atoms. The number of ether oxygens (including phenoxy) is 2. The second kappa shape index (κ2) is 8.01. The van der Waals surface area contributed by atoms with Gasteiger partial charge in [0.05, 0.1) is 0 Å². The van der Waals surface area contributed by atoms with Crippen LogP contribution in [0.15, 0.2) is 0 Å². The van der Waals surface area contributed by atoms with Crippen LogP contribution in [-0.4, -0.2) is 80.0 Å². The molecule has 2 heterocycles. The minimum atomic E-state index is -2.75. The lowest BCUT2D eigenvalue weighted by Crippen LogP contribution is -2.46. The number of esters is 2. The second-order valence-corrected chi connectivity index (χ2v) is 5.51. The zero-order chi connectivity index (χ0) is 21.2. The van der Waals surface area contributed by atoms with Gasteiger partial charge in [-0.05, 0) is 0 Å². The Morgan fingerprint density at radius 1 is 0.643 bits per heavy atom. The smallest absolute Gasteiger partial charge is 0.379 e. The molecule has 28 heavy (non-hydrogen) atoms. The molecule has 0 aromatic rings. The number of hydrogen-bond acceptors (Lipinski definition) is 12. The largest absolute Gasteiger partial charge is 0.431 e. The predicted molar refractivity (Wildman–Crippen MR) is 77.2 cm³/mol. The van der Waals surface area contributed by atoms with Crippen LogP contribution >= 0.6 is 0 Å². The maximum atomic E-state index is 11.6. The SMILES string of the molecule is O=C(OC(=O)N1C(=O)CCC1=O)C(O)C(O)C(=O)OC(=O)N1C(=O)CCC1=O. The summed E-state index contributed by atoms with van der Waals surface area (Å²) in [5.74, 6) is -7.68. The van der Waals surface area contributed by atoms with E-state index in [9.17, 15) is 48.6 Å². The number of aliphatic hydroxyl groups is 2. The number of carbonyl (C=O) groups is 8. The van der Waals surface area contributed by atoms with Gasteiger partial charge in [-0.25, -0.2) is 19.2 Å². The van der Waals surface area contributed by atoms with E-state index >= 15 is 0 Å². The van der Waals surface area contributed by atoms with E-state index in [1.54, 1.807) is 0 Å². The first-order valence-electron chi connectivity index (χ1n) is 7.63. The lowest BCUT2D eigenvalue weighted by molar-refractivity contribution is -0.167. The van der Waals surface area contributed by atoms with Crippen LogP contribution in [0.4, 0.5) is 9.59 Å². The molecule has 2 aliphatic heterocycles. The van der Waals surface area contributed by atoms with E-state index in [-0.39, 0.29) is 35.5 Å². The highest BCUT2D eigenvalue weighted by atomic mass is 16.6. The van der Waals surface area contributed by atoms with Crippen LogP contribution in [0.1, 0.15) is 25.7 Å². The van der Waals surface area contributed by atoms with Crippen molar-refractivity contribution in [1.29, 1.82) is 0 Å². The van der Waals surface area contributed by atoms with E-state index in [0.717, 1.165) is 0 Å². The number of rotatable bonds is 3. The predicted octanol–water partition coefficient (Wildman–Crippen LogP) is -2.67. The van der Waals surface area contributed by atoms with Crippen LogP contribution in [0, 0.1) is 0 Å². The molecule has 2 atom stereocenters. The molecular weight excluding hydrogens is 388 g/mol. The summed E-state index contributed by atoms with van der Waals surface area (Å²) in [4.78, 5) is 91.7. The number of amides is 6. The molecule has 0 spiro atoms. The molecule has 2 aliphatic rings. The van der Waals surface area contributed by atoms with Crippen LogP contribution < -0.4 is 0 Å². The van der Waals surface area contributed by atoms with Crippen LogP contribution in [-0.2, 0) is 38.2 Å². The second-order valence-electron chi connectivity index (χ2n) is 5.51. The monoisotopic (exact) mass is 400 g/mol. The van der Waals surface area contributed by atoms with Gasteiger partial charge >= 0.3 is 24.1 Å². The molecule has 0 aliphatic carbocycles. The Hall–Kier alpha value is -3.52. The summed E-state index contributed by atoms with van der Waals surface area (Å²) in [6.45, 7) is 0. The first-order valence-corrected chi connectivity index (χ1v) is 7.63. The zero-order valence-electron chi connectivity index (χ0n) is 13.9. The topological polar surface area (TPSA) is 202 Å². The highest BCUT2D eigenvalue weighted by Gasteiger charge is 2.42. The van der Waals surface area contributed by atoms with Gasteiger partial charge in [0.2, 0.25) is 23.6 Å². The van der Waals surface area contributed by atoms with Crippen molar-refractivity contribution in [2.45, 2.75) is 37.9 Å². The molecular formula is C14H12N2O12. The van der Waals surface area contributed by atoms with Crippen molar-refractivity contribution in [3.63, 3.8) is 0 Å². The first kappa shape index (κ1) is 20.8. The molecule has 2 unspecified atom stereocenters. The van der Waals surface area contributed by atoms with Gasteiger partial charge in [0.1, 0.15) is 0 Å². The summed E-state index contributed by atoms with van der Waals surface area (Å²) in [6.07, 6.45) is -10.2. The molecule has 2 rings (SSSR count). The Labute approximate surface area is 154 Å². The zero-order valence-corrected chi connectivity index (χ0v) is 13.9.